The Morgan fingerprint density at radius 1 is 0.714 bits per heavy atom. The summed E-state index contributed by atoms with van der Waals surface area (Å²) in [6.07, 6.45) is 29.9. The van der Waals surface area contributed by atoms with Crippen LogP contribution in [0.3, 0.4) is 0 Å². The molecule has 21 heavy (non-hydrogen) atoms. The van der Waals surface area contributed by atoms with Crippen LogP contribution in [0.4, 0.5) is 0 Å². The fourth-order valence-corrected chi connectivity index (χ4v) is 3.45. The van der Waals surface area contributed by atoms with Crippen LogP contribution < -0.4 is 0 Å². The van der Waals surface area contributed by atoms with Crippen LogP contribution in [0, 0.1) is 0 Å². The van der Waals surface area contributed by atoms with Crippen molar-refractivity contribution < 1.29 is 0 Å². The summed E-state index contributed by atoms with van der Waals surface area (Å²) in [7, 11) is 0. The van der Waals surface area contributed by atoms with Gasteiger partial charge in [-0.25, -0.2) is 0 Å². The molecule has 4 rings (SSSR count). The Balaban J connectivity index is 1.99. The number of allylic oxidation sites excluding steroid dienone is 18. The molecule has 4 aliphatic rings. The van der Waals surface area contributed by atoms with E-state index in [2.05, 4.69) is 72.9 Å². The first kappa shape index (κ1) is 12.4. The van der Waals surface area contributed by atoms with Crippen molar-refractivity contribution in [3.63, 3.8) is 0 Å². The van der Waals surface area contributed by atoms with E-state index < -0.39 is 0 Å². The van der Waals surface area contributed by atoms with Crippen LogP contribution in [0.15, 0.2) is 106 Å². The predicted octanol–water partition coefficient (Wildman–Crippen LogP) is 5.44. The molecule has 4 aliphatic carbocycles. The van der Waals surface area contributed by atoms with Crippen LogP contribution in [0.25, 0.3) is 0 Å². The molecular weight excluding hydrogens is 252 g/mol. The lowest BCUT2D eigenvalue weighted by Gasteiger charge is -2.16. The highest BCUT2D eigenvalue weighted by atomic mass is 14.3. The van der Waals surface area contributed by atoms with Crippen molar-refractivity contribution in [2.24, 2.45) is 0 Å². The lowest BCUT2D eigenvalue weighted by molar-refractivity contribution is 0.981. The van der Waals surface area contributed by atoms with E-state index in [0.29, 0.717) is 0 Å². The largest absolute Gasteiger partial charge is 0.0842 e. The molecule has 0 amide bonds. The van der Waals surface area contributed by atoms with Gasteiger partial charge in [-0.2, -0.15) is 0 Å². The zero-order valence-corrected chi connectivity index (χ0v) is 12.0. The molecule has 0 aromatic carbocycles. The Morgan fingerprint density at radius 3 is 2.62 bits per heavy atom. The van der Waals surface area contributed by atoms with Crippen molar-refractivity contribution >= 4 is 0 Å². The average molecular weight is 270 g/mol. The maximum atomic E-state index is 2.30. The number of hydrogen-bond donors (Lipinski definition) is 0. The molecule has 0 aromatic heterocycles. The summed E-state index contributed by atoms with van der Waals surface area (Å²) >= 11 is 0. The molecule has 0 unspecified atom stereocenters. The van der Waals surface area contributed by atoms with Gasteiger partial charge in [-0.1, -0.05) is 72.9 Å². The minimum Gasteiger partial charge on any atom is -0.0842 e. The number of fused-ring (bicyclic) bond motifs is 2. The topological polar surface area (TPSA) is 0 Å². The molecule has 0 fully saturated rings. The Labute approximate surface area is 126 Å². The fraction of sp³-hybridized carbons (Fsp3) is 0.143. The second-order valence-corrected chi connectivity index (χ2v) is 5.66. The standard InChI is InChI=1S/C21H18/c1-4-10-16-11-5-2-9-15-20-18-13-7-3-6-12-17(18)19(14-8-1)21(16)20/h1-4,6-10,12,14-15H,5,11,13H2/b4-1?,8-1?,9-2-,10-4?,14-8?,16-10?,19-14?,20-15-,21-16?. The summed E-state index contributed by atoms with van der Waals surface area (Å²) in [5.41, 5.74) is 8.58. The summed E-state index contributed by atoms with van der Waals surface area (Å²) in [6, 6.07) is 0. The SMILES string of the molecule is C1=CC=C2CC/C=C\C=C3\C4=C(C=CC=CC4)C(=C23)C=C1. The van der Waals surface area contributed by atoms with Crippen molar-refractivity contribution in [3.8, 4) is 0 Å². The molecule has 0 radical (unpaired) electrons. The molecule has 0 N–H and O–H groups in total. The summed E-state index contributed by atoms with van der Waals surface area (Å²) < 4.78 is 0. The van der Waals surface area contributed by atoms with Gasteiger partial charge in [-0.05, 0) is 52.7 Å². The monoisotopic (exact) mass is 270 g/mol. The Kier molecular flexibility index (Phi) is 3.08. The van der Waals surface area contributed by atoms with E-state index in [1.54, 1.807) is 0 Å². The first-order valence-electron chi connectivity index (χ1n) is 7.68. The van der Waals surface area contributed by atoms with Gasteiger partial charge in [-0.3, -0.25) is 0 Å². The molecule has 0 heterocycles. The van der Waals surface area contributed by atoms with Crippen molar-refractivity contribution in [1.29, 1.82) is 0 Å². The highest BCUT2D eigenvalue weighted by Crippen LogP contribution is 2.46. The van der Waals surface area contributed by atoms with Crippen molar-refractivity contribution in [3.05, 3.63) is 106 Å². The van der Waals surface area contributed by atoms with Gasteiger partial charge < -0.3 is 0 Å². The Morgan fingerprint density at radius 2 is 1.62 bits per heavy atom. The zero-order valence-electron chi connectivity index (χ0n) is 12.0. The molecule has 0 nitrogen and oxygen atoms in total. The van der Waals surface area contributed by atoms with Gasteiger partial charge in [0.25, 0.3) is 0 Å². The predicted molar refractivity (Wildman–Crippen MR) is 89.8 cm³/mol. The first-order valence-corrected chi connectivity index (χ1v) is 7.68. The Hall–Kier alpha value is -2.34. The molecular formula is C21H18. The van der Waals surface area contributed by atoms with Gasteiger partial charge in [0.15, 0.2) is 0 Å². The highest BCUT2D eigenvalue weighted by molar-refractivity contribution is 5.76. The normalized spacial score (nSPS) is 26.9. The van der Waals surface area contributed by atoms with E-state index in [9.17, 15) is 0 Å². The molecule has 0 aliphatic heterocycles. The summed E-state index contributed by atoms with van der Waals surface area (Å²) in [5.74, 6) is 0. The molecule has 0 atom stereocenters. The zero-order chi connectivity index (χ0) is 14.1. The van der Waals surface area contributed by atoms with Gasteiger partial charge in [0, 0.05) is 0 Å². The van der Waals surface area contributed by atoms with E-state index in [1.165, 1.54) is 33.4 Å². The second kappa shape index (κ2) is 5.21. The average Bonchev–Trinajstić information content (AvgIpc) is 2.63. The minimum absolute atomic E-state index is 1.02. The van der Waals surface area contributed by atoms with E-state index in [0.717, 1.165) is 19.3 Å². The fourth-order valence-electron chi connectivity index (χ4n) is 3.45. The van der Waals surface area contributed by atoms with E-state index in [4.69, 9.17) is 0 Å². The van der Waals surface area contributed by atoms with Crippen LogP contribution >= 0.6 is 0 Å². The van der Waals surface area contributed by atoms with E-state index in [1.807, 2.05) is 0 Å². The third-order valence-electron chi connectivity index (χ3n) is 4.39. The van der Waals surface area contributed by atoms with Crippen LogP contribution in [-0.2, 0) is 0 Å². The van der Waals surface area contributed by atoms with Crippen molar-refractivity contribution in [1.82, 2.24) is 0 Å². The van der Waals surface area contributed by atoms with Gasteiger partial charge in [0.2, 0.25) is 0 Å². The summed E-state index contributed by atoms with van der Waals surface area (Å²) in [4.78, 5) is 0. The number of hydrogen-bond acceptors (Lipinski definition) is 0. The molecule has 0 aromatic rings. The molecule has 0 heteroatoms. The third kappa shape index (κ3) is 2.08. The first-order chi connectivity index (χ1) is 10.4. The lowest BCUT2D eigenvalue weighted by atomic mass is 9.88. The molecule has 0 saturated carbocycles. The lowest BCUT2D eigenvalue weighted by Crippen LogP contribution is -1.98. The molecule has 0 saturated heterocycles. The van der Waals surface area contributed by atoms with Gasteiger partial charge in [0.05, 0.1) is 0 Å². The van der Waals surface area contributed by atoms with Gasteiger partial charge in [0.1, 0.15) is 0 Å². The smallest absolute Gasteiger partial charge is 0.00700 e. The summed E-state index contributed by atoms with van der Waals surface area (Å²) in [6.45, 7) is 0. The van der Waals surface area contributed by atoms with E-state index >= 15 is 0 Å². The number of rotatable bonds is 0. The van der Waals surface area contributed by atoms with Crippen molar-refractivity contribution in [2.45, 2.75) is 19.3 Å². The van der Waals surface area contributed by atoms with Crippen LogP contribution in [-0.4, -0.2) is 0 Å². The van der Waals surface area contributed by atoms with Crippen LogP contribution in [0.1, 0.15) is 19.3 Å². The molecule has 0 bridgehead atoms. The van der Waals surface area contributed by atoms with Crippen LogP contribution in [0.5, 0.6) is 0 Å². The molecule has 0 spiro atoms. The second-order valence-electron chi connectivity index (χ2n) is 5.66. The van der Waals surface area contributed by atoms with Crippen LogP contribution in [0.2, 0.25) is 0 Å². The minimum atomic E-state index is 1.02. The quantitative estimate of drug-likeness (QED) is 0.550. The van der Waals surface area contributed by atoms with Crippen molar-refractivity contribution in [2.75, 3.05) is 0 Å². The maximum Gasteiger partial charge on any atom is -0.00700 e. The maximum absolute atomic E-state index is 2.30. The van der Waals surface area contributed by atoms with Gasteiger partial charge >= 0.3 is 0 Å². The summed E-state index contributed by atoms with van der Waals surface area (Å²) in [5, 5.41) is 0. The Bertz CT molecular complexity index is 750. The van der Waals surface area contributed by atoms with E-state index in [-0.39, 0.29) is 0 Å². The third-order valence-corrected chi connectivity index (χ3v) is 4.39. The van der Waals surface area contributed by atoms with Gasteiger partial charge in [-0.15, -0.1) is 0 Å². The highest BCUT2D eigenvalue weighted by Gasteiger charge is 2.28. The molecule has 102 valence electrons.